The van der Waals surface area contributed by atoms with E-state index in [2.05, 4.69) is 31.4 Å². The quantitative estimate of drug-likeness (QED) is 0.686. The lowest BCUT2D eigenvalue weighted by Gasteiger charge is -2.06. The van der Waals surface area contributed by atoms with Crippen LogP contribution in [0.4, 0.5) is 6.01 Å². The first-order chi connectivity index (χ1) is 11.6. The first-order valence-corrected chi connectivity index (χ1v) is 7.59. The number of rotatable bonds is 6. The number of furan rings is 1. The smallest absolute Gasteiger partial charge is 0.322 e. The Morgan fingerprint density at radius 3 is 2.54 bits per heavy atom. The fourth-order valence-corrected chi connectivity index (χ4v) is 2.09. The second kappa shape index (κ2) is 7.18. The van der Waals surface area contributed by atoms with Gasteiger partial charge in [-0.2, -0.15) is 0 Å². The summed E-state index contributed by atoms with van der Waals surface area (Å²) in [6.45, 7) is -0.198. The number of aromatic nitrogens is 2. The molecule has 24 heavy (non-hydrogen) atoms. The van der Waals surface area contributed by atoms with Crippen molar-refractivity contribution in [2.45, 2.75) is 0 Å². The Morgan fingerprint density at radius 1 is 1.12 bits per heavy atom. The average molecular weight is 394 g/mol. The van der Waals surface area contributed by atoms with Crippen molar-refractivity contribution in [3.05, 3.63) is 41.1 Å². The van der Waals surface area contributed by atoms with Gasteiger partial charge in [-0.05, 0) is 52.3 Å². The highest BCUT2D eigenvalue weighted by Crippen LogP contribution is 2.24. The molecule has 0 spiro atoms. The van der Waals surface area contributed by atoms with E-state index in [4.69, 9.17) is 18.3 Å². The van der Waals surface area contributed by atoms with Crippen LogP contribution in [0.15, 0.2) is 49.9 Å². The highest BCUT2D eigenvalue weighted by molar-refractivity contribution is 9.10. The van der Waals surface area contributed by atoms with Crippen molar-refractivity contribution < 1.29 is 23.1 Å². The molecule has 3 rings (SSSR count). The van der Waals surface area contributed by atoms with Crippen molar-refractivity contribution >= 4 is 27.9 Å². The number of amides is 1. The molecule has 0 aliphatic carbocycles. The van der Waals surface area contributed by atoms with Crippen LogP contribution in [0.3, 0.4) is 0 Å². The van der Waals surface area contributed by atoms with Crippen molar-refractivity contribution in [3.63, 3.8) is 0 Å². The van der Waals surface area contributed by atoms with Crippen LogP contribution in [-0.2, 0) is 4.79 Å². The van der Waals surface area contributed by atoms with Crippen molar-refractivity contribution in [2.24, 2.45) is 0 Å². The van der Waals surface area contributed by atoms with Gasteiger partial charge in [0.2, 0.25) is 0 Å². The van der Waals surface area contributed by atoms with Gasteiger partial charge in [-0.15, -0.1) is 5.10 Å². The van der Waals surface area contributed by atoms with Crippen LogP contribution >= 0.6 is 15.9 Å². The molecule has 2 heterocycles. The molecule has 0 fully saturated rings. The Balaban J connectivity index is 1.54. The third kappa shape index (κ3) is 3.93. The molecule has 0 atom stereocenters. The molecule has 1 N–H and O–H groups in total. The third-order valence-corrected chi connectivity index (χ3v) is 3.31. The third-order valence-electron chi connectivity index (χ3n) is 2.88. The Morgan fingerprint density at radius 2 is 1.88 bits per heavy atom. The molecule has 3 aromatic rings. The van der Waals surface area contributed by atoms with Crippen molar-refractivity contribution in [3.8, 4) is 23.1 Å². The highest BCUT2D eigenvalue weighted by Gasteiger charge is 2.14. The summed E-state index contributed by atoms with van der Waals surface area (Å²) >= 11 is 3.18. The molecule has 0 saturated carbocycles. The number of carbonyl (C=O) groups excluding carboxylic acids is 1. The topological polar surface area (TPSA) is 99.6 Å². The van der Waals surface area contributed by atoms with Crippen molar-refractivity contribution in [2.75, 3.05) is 19.0 Å². The Labute approximate surface area is 144 Å². The molecule has 0 bridgehead atoms. The van der Waals surface area contributed by atoms with E-state index in [-0.39, 0.29) is 18.5 Å². The van der Waals surface area contributed by atoms with E-state index < -0.39 is 5.91 Å². The summed E-state index contributed by atoms with van der Waals surface area (Å²) in [6.07, 6.45) is 0. The number of nitrogens with zero attached hydrogens (tertiary/aromatic N) is 2. The van der Waals surface area contributed by atoms with Gasteiger partial charge in [-0.3, -0.25) is 10.1 Å². The molecular weight excluding hydrogens is 382 g/mol. The van der Waals surface area contributed by atoms with Gasteiger partial charge in [0.05, 0.1) is 7.11 Å². The lowest BCUT2D eigenvalue weighted by molar-refractivity contribution is -0.118. The van der Waals surface area contributed by atoms with E-state index in [9.17, 15) is 4.79 Å². The molecule has 0 saturated heterocycles. The SMILES string of the molecule is COc1ccc(OCC(=O)Nc2nnc(-c3ccc(Br)o3)o2)cc1. The fraction of sp³-hybridized carbons (Fsp3) is 0.133. The molecule has 124 valence electrons. The number of methoxy groups -OCH3 is 1. The van der Waals surface area contributed by atoms with Crippen molar-refractivity contribution in [1.29, 1.82) is 0 Å². The van der Waals surface area contributed by atoms with E-state index in [1.165, 1.54) is 0 Å². The lowest BCUT2D eigenvalue weighted by Crippen LogP contribution is -2.20. The standard InChI is InChI=1S/C15H12BrN3O5/c1-21-9-2-4-10(5-3-9)22-8-13(20)17-15-19-18-14(24-15)11-6-7-12(16)23-11/h2-7H,8H2,1H3,(H,17,19,20). The second-order valence-electron chi connectivity index (χ2n) is 4.53. The summed E-state index contributed by atoms with van der Waals surface area (Å²) in [4.78, 5) is 11.8. The first-order valence-electron chi connectivity index (χ1n) is 6.80. The summed E-state index contributed by atoms with van der Waals surface area (Å²) in [7, 11) is 1.57. The Hall–Kier alpha value is -2.81. The molecule has 2 aromatic heterocycles. The molecule has 1 aromatic carbocycles. The van der Waals surface area contributed by atoms with Gasteiger partial charge in [0.25, 0.3) is 11.8 Å². The molecule has 0 unspecified atom stereocenters. The van der Waals surface area contributed by atoms with E-state index in [1.807, 2.05) is 0 Å². The van der Waals surface area contributed by atoms with E-state index in [0.29, 0.717) is 21.9 Å². The second-order valence-corrected chi connectivity index (χ2v) is 5.31. The molecule has 0 radical (unpaired) electrons. The van der Waals surface area contributed by atoms with Gasteiger partial charge in [-0.25, -0.2) is 0 Å². The zero-order chi connectivity index (χ0) is 16.9. The Bertz CT molecular complexity index is 828. The summed E-state index contributed by atoms with van der Waals surface area (Å²) in [5.74, 6) is 1.37. The molecular formula is C15H12BrN3O5. The normalized spacial score (nSPS) is 10.4. The van der Waals surface area contributed by atoms with E-state index in [1.54, 1.807) is 43.5 Å². The number of carbonyl (C=O) groups is 1. The van der Waals surface area contributed by atoms with Crippen LogP contribution in [0.25, 0.3) is 11.7 Å². The van der Waals surface area contributed by atoms with E-state index >= 15 is 0 Å². The minimum atomic E-state index is -0.429. The summed E-state index contributed by atoms with van der Waals surface area (Å²) in [5, 5.41) is 9.96. The van der Waals surface area contributed by atoms with Crippen LogP contribution in [-0.4, -0.2) is 29.8 Å². The average Bonchev–Trinajstić information content (AvgIpc) is 3.22. The number of benzene rings is 1. The molecule has 0 aliphatic heterocycles. The lowest BCUT2D eigenvalue weighted by atomic mass is 10.3. The highest BCUT2D eigenvalue weighted by atomic mass is 79.9. The largest absolute Gasteiger partial charge is 0.497 e. The van der Waals surface area contributed by atoms with Gasteiger partial charge in [0.1, 0.15) is 11.5 Å². The maximum absolute atomic E-state index is 11.8. The number of anilines is 1. The predicted molar refractivity (Wildman–Crippen MR) is 86.8 cm³/mol. The monoisotopic (exact) mass is 393 g/mol. The van der Waals surface area contributed by atoms with Crippen LogP contribution in [0, 0.1) is 0 Å². The number of nitrogens with one attached hydrogen (secondary N) is 1. The van der Waals surface area contributed by atoms with Crippen LogP contribution in [0.1, 0.15) is 0 Å². The number of halogens is 1. The van der Waals surface area contributed by atoms with E-state index in [0.717, 1.165) is 0 Å². The zero-order valence-electron chi connectivity index (χ0n) is 12.5. The van der Waals surface area contributed by atoms with Gasteiger partial charge in [-0.1, -0.05) is 5.10 Å². The summed E-state index contributed by atoms with van der Waals surface area (Å²) in [5.41, 5.74) is 0. The van der Waals surface area contributed by atoms with Crippen LogP contribution in [0.2, 0.25) is 0 Å². The van der Waals surface area contributed by atoms with Crippen LogP contribution in [0.5, 0.6) is 11.5 Å². The minimum Gasteiger partial charge on any atom is -0.497 e. The molecule has 0 aliphatic rings. The maximum Gasteiger partial charge on any atom is 0.322 e. The van der Waals surface area contributed by atoms with Gasteiger partial charge in [0, 0.05) is 0 Å². The first kappa shape index (κ1) is 16.1. The number of hydrogen-bond acceptors (Lipinski definition) is 7. The van der Waals surface area contributed by atoms with Gasteiger partial charge in [0.15, 0.2) is 17.0 Å². The number of hydrogen-bond donors (Lipinski definition) is 1. The Kier molecular flexibility index (Phi) is 4.80. The minimum absolute atomic E-state index is 0.0409. The zero-order valence-corrected chi connectivity index (χ0v) is 14.1. The molecule has 9 heteroatoms. The summed E-state index contributed by atoms with van der Waals surface area (Å²) < 4.78 is 21.5. The van der Waals surface area contributed by atoms with Crippen molar-refractivity contribution in [1.82, 2.24) is 10.2 Å². The maximum atomic E-state index is 11.8. The summed E-state index contributed by atoms with van der Waals surface area (Å²) in [6, 6.07) is 10.2. The fourth-order valence-electron chi connectivity index (χ4n) is 1.78. The molecule has 8 nitrogen and oxygen atoms in total. The number of ether oxygens (including phenoxy) is 2. The van der Waals surface area contributed by atoms with Gasteiger partial charge < -0.3 is 18.3 Å². The van der Waals surface area contributed by atoms with Gasteiger partial charge >= 0.3 is 6.01 Å². The van der Waals surface area contributed by atoms with Crippen LogP contribution < -0.4 is 14.8 Å². The predicted octanol–water partition coefficient (Wildman–Crippen LogP) is 3.12. The molecule has 1 amide bonds.